The van der Waals surface area contributed by atoms with Crippen molar-refractivity contribution >= 4 is 45.8 Å². The van der Waals surface area contributed by atoms with Crippen LogP contribution in [0.2, 0.25) is 0 Å². The lowest BCUT2D eigenvalue weighted by Crippen LogP contribution is -2.19. The maximum absolute atomic E-state index is 12.7. The van der Waals surface area contributed by atoms with Crippen LogP contribution in [0, 0.1) is 0 Å². The Morgan fingerprint density at radius 3 is 2.25 bits per heavy atom. The van der Waals surface area contributed by atoms with Crippen molar-refractivity contribution in [1.82, 2.24) is 9.97 Å². The van der Waals surface area contributed by atoms with Crippen LogP contribution >= 0.6 is 0 Å². The third kappa shape index (κ3) is 5.61. The first-order valence-electron chi connectivity index (χ1n) is 11.1. The second-order valence-corrected chi connectivity index (χ2v) is 7.53. The minimum Gasteiger partial charge on any atom is -0.497 e. The van der Waals surface area contributed by atoms with Crippen LogP contribution < -0.4 is 25.4 Å². The number of nitrogens with zero attached hydrogens (tertiary/aromatic N) is 2. The molecule has 0 unspecified atom stereocenters. The third-order valence-electron chi connectivity index (χ3n) is 5.18. The first kappa shape index (κ1) is 24.3. The van der Waals surface area contributed by atoms with Crippen LogP contribution in [0.5, 0.6) is 11.5 Å². The Bertz CT molecular complexity index is 1370. The molecule has 10 heteroatoms. The summed E-state index contributed by atoms with van der Waals surface area (Å²) < 4.78 is 15.6. The highest BCUT2D eigenvalue weighted by atomic mass is 16.5. The Balaban J connectivity index is 1.52. The Morgan fingerprint density at radius 1 is 0.861 bits per heavy atom. The second kappa shape index (κ2) is 11.0. The molecule has 3 N–H and O–H groups in total. The van der Waals surface area contributed by atoms with Gasteiger partial charge in [-0.2, -0.15) is 0 Å². The van der Waals surface area contributed by atoms with Gasteiger partial charge in [0, 0.05) is 35.0 Å². The molecular formula is C26H25N5O5. The zero-order valence-electron chi connectivity index (χ0n) is 20.0. The molecule has 0 bridgehead atoms. The van der Waals surface area contributed by atoms with Gasteiger partial charge in [-0.05, 0) is 43.3 Å². The van der Waals surface area contributed by atoms with E-state index in [1.165, 1.54) is 6.33 Å². The summed E-state index contributed by atoms with van der Waals surface area (Å²) in [6.45, 7) is 2.03. The number of urea groups is 1. The smallest absolute Gasteiger partial charge is 0.338 e. The molecule has 184 valence electrons. The summed E-state index contributed by atoms with van der Waals surface area (Å²) in [7, 11) is 3.16. The lowest BCUT2D eigenvalue weighted by atomic mass is 10.2. The minimum atomic E-state index is -0.461. The fraction of sp³-hybridized carbons (Fsp3) is 0.154. The van der Waals surface area contributed by atoms with Crippen molar-refractivity contribution in [3.63, 3.8) is 0 Å². The largest absolute Gasteiger partial charge is 0.497 e. The molecule has 4 rings (SSSR count). The fourth-order valence-electron chi connectivity index (χ4n) is 3.49. The number of hydrogen-bond donors (Lipinski definition) is 3. The molecule has 1 heterocycles. The van der Waals surface area contributed by atoms with Gasteiger partial charge in [0.1, 0.15) is 23.6 Å². The maximum atomic E-state index is 12.7. The molecule has 10 nitrogen and oxygen atoms in total. The highest BCUT2D eigenvalue weighted by Gasteiger charge is 2.12. The predicted molar refractivity (Wildman–Crippen MR) is 137 cm³/mol. The molecule has 2 amide bonds. The number of benzene rings is 3. The third-order valence-corrected chi connectivity index (χ3v) is 5.18. The number of fused-ring (bicyclic) bond motifs is 1. The number of nitrogens with one attached hydrogen (secondary N) is 3. The lowest BCUT2D eigenvalue weighted by Gasteiger charge is -2.13. The van der Waals surface area contributed by atoms with E-state index in [1.807, 2.05) is 18.2 Å². The van der Waals surface area contributed by atoms with Crippen LogP contribution in [-0.2, 0) is 4.74 Å². The first-order valence-corrected chi connectivity index (χ1v) is 11.1. The first-order chi connectivity index (χ1) is 17.5. The van der Waals surface area contributed by atoms with E-state index >= 15 is 0 Å². The molecule has 1 aromatic heterocycles. The quantitative estimate of drug-likeness (QED) is 0.289. The molecule has 0 radical (unpaired) electrons. The Morgan fingerprint density at radius 2 is 1.58 bits per heavy atom. The van der Waals surface area contributed by atoms with Crippen molar-refractivity contribution in [1.29, 1.82) is 0 Å². The molecule has 0 fully saturated rings. The maximum Gasteiger partial charge on any atom is 0.338 e. The summed E-state index contributed by atoms with van der Waals surface area (Å²) in [5.41, 5.74) is 2.69. The highest BCUT2D eigenvalue weighted by molar-refractivity contribution is 6.07. The number of amides is 2. The van der Waals surface area contributed by atoms with Gasteiger partial charge in [-0.15, -0.1) is 0 Å². The summed E-state index contributed by atoms with van der Waals surface area (Å²) in [6, 6.07) is 16.8. The van der Waals surface area contributed by atoms with Crippen LogP contribution in [0.4, 0.5) is 27.7 Å². The number of para-hydroxylation sites is 1. The van der Waals surface area contributed by atoms with Crippen molar-refractivity contribution in [3.8, 4) is 11.5 Å². The van der Waals surface area contributed by atoms with Gasteiger partial charge < -0.3 is 30.2 Å². The number of carbonyl (C=O) groups excluding carboxylic acids is 2. The topological polar surface area (TPSA) is 124 Å². The molecule has 0 saturated carbocycles. The van der Waals surface area contributed by atoms with Crippen molar-refractivity contribution < 1.29 is 23.8 Å². The van der Waals surface area contributed by atoms with Crippen molar-refractivity contribution in [3.05, 3.63) is 72.6 Å². The van der Waals surface area contributed by atoms with Crippen LogP contribution in [0.15, 0.2) is 67.0 Å². The molecule has 36 heavy (non-hydrogen) atoms. The number of hydrogen-bond acceptors (Lipinski definition) is 8. The number of ether oxygens (including phenoxy) is 3. The van der Waals surface area contributed by atoms with E-state index in [9.17, 15) is 9.59 Å². The Kier molecular flexibility index (Phi) is 7.45. The predicted octanol–water partition coefficient (Wildman–Crippen LogP) is 5.21. The molecular weight excluding hydrogens is 462 g/mol. The summed E-state index contributed by atoms with van der Waals surface area (Å²) in [6.07, 6.45) is 1.42. The standard InChI is InChI=1S/C26H25N5O5/c1-4-36-25(32)16-8-10-17(11-9-16)30-26(33)31-22-7-5-6-21-23(22)27-15-28-24(21)29-18-12-19(34-2)14-20(13-18)35-3/h5-15H,4H2,1-3H3,(H,27,28,29)(H2,30,31,33). The number of esters is 1. The van der Waals surface area contributed by atoms with E-state index in [4.69, 9.17) is 14.2 Å². The normalized spacial score (nSPS) is 10.4. The van der Waals surface area contributed by atoms with E-state index in [0.717, 1.165) is 0 Å². The van der Waals surface area contributed by atoms with Crippen LogP contribution in [0.3, 0.4) is 0 Å². The van der Waals surface area contributed by atoms with Gasteiger partial charge in [-0.25, -0.2) is 19.6 Å². The van der Waals surface area contributed by atoms with Gasteiger partial charge in [0.15, 0.2) is 0 Å². The van der Waals surface area contributed by atoms with Gasteiger partial charge in [0.05, 0.1) is 37.6 Å². The van der Waals surface area contributed by atoms with Gasteiger partial charge in [0.25, 0.3) is 0 Å². The number of aromatic nitrogens is 2. The van der Waals surface area contributed by atoms with E-state index in [0.29, 0.717) is 57.5 Å². The minimum absolute atomic E-state index is 0.292. The van der Waals surface area contributed by atoms with Gasteiger partial charge >= 0.3 is 12.0 Å². The summed E-state index contributed by atoms with van der Waals surface area (Å²) in [4.78, 5) is 33.2. The second-order valence-electron chi connectivity index (χ2n) is 7.53. The average Bonchev–Trinajstić information content (AvgIpc) is 2.89. The molecule has 0 atom stereocenters. The Labute approximate surface area is 207 Å². The van der Waals surface area contributed by atoms with Crippen molar-refractivity contribution in [2.75, 3.05) is 36.8 Å². The summed E-state index contributed by atoms with van der Waals surface area (Å²) in [5, 5.41) is 9.53. The Hall–Kier alpha value is -4.86. The molecule has 0 aliphatic carbocycles. The van der Waals surface area contributed by atoms with Gasteiger partial charge in [-0.3, -0.25) is 0 Å². The number of rotatable bonds is 8. The molecule has 0 aliphatic rings. The zero-order valence-corrected chi connectivity index (χ0v) is 20.0. The summed E-state index contributed by atoms with van der Waals surface area (Å²) in [5.74, 6) is 1.39. The van der Waals surface area contributed by atoms with Gasteiger partial charge in [-0.1, -0.05) is 6.07 Å². The van der Waals surface area contributed by atoms with E-state index < -0.39 is 12.0 Å². The van der Waals surface area contributed by atoms with E-state index in [-0.39, 0.29) is 0 Å². The van der Waals surface area contributed by atoms with Crippen molar-refractivity contribution in [2.24, 2.45) is 0 Å². The molecule has 0 aliphatic heterocycles. The lowest BCUT2D eigenvalue weighted by molar-refractivity contribution is 0.0526. The molecule has 0 spiro atoms. The monoisotopic (exact) mass is 487 g/mol. The van der Waals surface area contributed by atoms with E-state index in [1.54, 1.807) is 63.6 Å². The summed E-state index contributed by atoms with van der Waals surface area (Å²) >= 11 is 0. The van der Waals surface area contributed by atoms with Gasteiger partial charge in [0.2, 0.25) is 0 Å². The number of methoxy groups -OCH3 is 2. The van der Waals surface area contributed by atoms with Crippen LogP contribution in [0.1, 0.15) is 17.3 Å². The van der Waals surface area contributed by atoms with Crippen LogP contribution in [-0.4, -0.2) is 42.8 Å². The fourth-order valence-corrected chi connectivity index (χ4v) is 3.49. The average molecular weight is 488 g/mol. The highest BCUT2D eigenvalue weighted by Crippen LogP contribution is 2.31. The van der Waals surface area contributed by atoms with Crippen LogP contribution in [0.25, 0.3) is 10.9 Å². The molecule has 0 saturated heterocycles. The zero-order chi connectivity index (χ0) is 25.5. The van der Waals surface area contributed by atoms with Crippen molar-refractivity contribution in [2.45, 2.75) is 6.92 Å². The van der Waals surface area contributed by atoms with E-state index in [2.05, 4.69) is 25.9 Å². The number of carbonyl (C=O) groups is 2. The SMILES string of the molecule is CCOC(=O)c1ccc(NC(=O)Nc2cccc3c(Nc4cc(OC)cc(OC)c4)ncnc23)cc1. The molecule has 4 aromatic rings. The molecule has 3 aromatic carbocycles. The number of anilines is 4.